The van der Waals surface area contributed by atoms with E-state index in [1.54, 1.807) is 6.07 Å². The molecule has 3 atom stereocenters. The summed E-state index contributed by atoms with van der Waals surface area (Å²) in [5.41, 5.74) is 9.88. The van der Waals surface area contributed by atoms with E-state index in [1.807, 2.05) is 19.1 Å². The lowest BCUT2D eigenvalue weighted by atomic mass is 9.97. The predicted molar refractivity (Wildman–Crippen MR) is 80.1 cm³/mol. The van der Waals surface area contributed by atoms with Crippen LogP contribution in [0.2, 0.25) is 0 Å². The minimum atomic E-state index is -0.173. The molecule has 0 aromatic heterocycles. The Hall–Kier alpha value is -1.67. The first-order valence-corrected chi connectivity index (χ1v) is 7.20. The van der Waals surface area contributed by atoms with Crippen LogP contribution in [0.3, 0.4) is 0 Å². The van der Waals surface area contributed by atoms with Gasteiger partial charge < -0.3 is 5.73 Å². The quantitative estimate of drug-likeness (QED) is 0.897. The van der Waals surface area contributed by atoms with Gasteiger partial charge >= 0.3 is 0 Å². The number of nitrogens with two attached hydrogens (primary N) is 1. The van der Waals surface area contributed by atoms with Crippen LogP contribution in [0.4, 0.5) is 4.39 Å². The molecule has 0 radical (unpaired) electrons. The zero-order valence-electron chi connectivity index (χ0n) is 11.7. The van der Waals surface area contributed by atoms with Crippen LogP contribution in [0.25, 0.3) is 0 Å². The molecule has 2 aromatic carbocycles. The maximum atomic E-state index is 13.3. The normalized spacial score (nSPS) is 22.6. The summed E-state index contributed by atoms with van der Waals surface area (Å²) >= 11 is 0. The Balaban J connectivity index is 1.67. The van der Waals surface area contributed by atoms with Crippen molar-refractivity contribution in [2.24, 2.45) is 11.7 Å². The van der Waals surface area contributed by atoms with Gasteiger partial charge in [-0.15, -0.1) is 0 Å². The molecule has 2 aromatic rings. The van der Waals surface area contributed by atoms with Gasteiger partial charge in [-0.1, -0.05) is 36.4 Å². The number of hydrogen-bond acceptors (Lipinski definition) is 1. The van der Waals surface area contributed by atoms with Crippen LogP contribution in [-0.2, 0) is 6.42 Å². The van der Waals surface area contributed by atoms with Gasteiger partial charge in [0.1, 0.15) is 5.82 Å². The molecular formula is C18H20FN. The minimum Gasteiger partial charge on any atom is -0.327 e. The monoisotopic (exact) mass is 269 g/mol. The Bertz CT molecular complexity index is 594. The molecule has 0 saturated heterocycles. The molecule has 1 aliphatic rings. The molecule has 1 nitrogen and oxygen atoms in total. The van der Waals surface area contributed by atoms with Gasteiger partial charge in [-0.2, -0.15) is 0 Å². The van der Waals surface area contributed by atoms with Crippen molar-refractivity contribution in [3.05, 3.63) is 71.0 Å². The predicted octanol–water partition coefficient (Wildman–Crippen LogP) is 3.81. The van der Waals surface area contributed by atoms with Crippen molar-refractivity contribution in [2.75, 3.05) is 0 Å². The Kier molecular flexibility index (Phi) is 3.58. The second-order valence-electron chi connectivity index (χ2n) is 5.86. The topological polar surface area (TPSA) is 26.0 Å². The number of hydrogen-bond donors (Lipinski definition) is 1. The number of halogens is 1. The average molecular weight is 269 g/mol. The highest BCUT2D eigenvalue weighted by Gasteiger charge is 2.42. The van der Waals surface area contributed by atoms with E-state index >= 15 is 0 Å². The maximum Gasteiger partial charge on any atom is 0.123 e. The first kappa shape index (κ1) is 13.3. The zero-order chi connectivity index (χ0) is 14.1. The molecule has 1 aliphatic carbocycles. The summed E-state index contributed by atoms with van der Waals surface area (Å²) in [6.07, 6.45) is 1.91. The van der Waals surface area contributed by atoms with Crippen molar-refractivity contribution in [1.29, 1.82) is 0 Å². The molecule has 1 saturated carbocycles. The lowest BCUT2D eigenvalue weighted by Crippen LogP contribution is -2.26. The molecule has 0 bridgehead atoms. The Morgan fingerprint density at radius 2 is 1.95 bits per heavy atom. The number of rotatable bonds is 4. The fourth-order valence-corrected chi connectivity index (χ4v) is 3.04. The molecule has 2 N–H and O–H groups in total. The largest absolute Gasteiger partial charge is 0.327 e. The van der Waals surface area contributed by atoms with Gasteiger partial charge in [-0.3, -0.25) is 0 Å². The summed E-state index contributed by atoms with van der Waals surface area (Å²) < 4.78 is 13.3. The molecule has 104 valence electrons. The molecule has 2 heteroatoms. The molecule has 1 fully saturated rings. The van der Waals surface area contributed by atoms with Gasteiger partial charge in [0.25, 0.3) is 0 Å². The second-order valence-corrected chi connectivity index (χ2v) is 5.86. The van der Waals surface area contributed by atoms with Gasteiger partial charge in [0.2, 0.25) is 0 Å². The number of benzene rings is 2. The van der Waals surface area contributed by atoms with E-state index in [2.05, 4.69) is 24.3 Å². The highest BCUT2D eigenvalue weighted by atomic mass is 19.1. The van der Waals surface area contributed by atoms with E-state index in [4.69, 9.17) is 5.73 Å². The minimum absolute atomic E-state index is 0.112. The summed E-state index contributed by atoms with van der Waals surface area (Å²) in [4.78, 5) is 0. The van der Waals surface area contributed by atoms with E-state index in [9.17, 15) is 4.39 Å². The van der Waals surface area contributed by atoms with Crippen LogP contribution < -0.4 is 5.73 Å². The second kappa shape index (κ2) is 5.37. The fourth-order valence-electron chi connectivity index (χ4n) is 3.04. The highest BCUT2D eigenvalue weighted by Crippen LogP contribution is 2.49. The van der Waals surface area contributed by atoms with Crippen LogP contribution in [0.5, 0.6) is 0 Å². The van der Waals surface area contributed by atoms with Crippen LogP contribution in [0.15, 0.2) is 48.5 Å². The lowest BCUT2D eigenvalue weighted by Gasteiger charge is -2.13. The summed E-state index contributed by atoms with van der Waals surface area (Å²) in [7, 11) is 0. The maximum absolute atomic E-state index is 13.3. The van der Waals surface area contributed by atoms with Crippen LogP contribution in [0, 0.1) is 18.7 Å². The van der Waals surface area contributed by atoms with Gasteiger partial charge in [-0.05, 0) is 60.4 Å². The van der Waals surface area contributed by atoms with Crippen molar-refractivity contribution in [1.82, 2.24) is 0 Å². The Morgan fingerprint density at radius 3 is 2.70 bits per heavy atom. The molecule has 3 unspecified atom stereocenters. The highest BCUT2D eigenvalue weighted by molar-refractivity contribution is 5.30. The van der Waals surface area contributed by atoms with Gasteiger partial charge in [0.05, 0.1) is 0 Å². The lowest BCUT2D eigenvalue weighted by molar-refractivity contribution is 0.571. The van der Waals surface area contributed by atoms with Crippen molar-refractivity contribution < 1.29 is 4.39 Å². The summed E-state index contributed by atoms with van der Waals surface area (Å²) in [5.74, 6) is 0.938. The van der Waals surface area contributed by atoms with Crippen molar-refractivity contribution >= 4 is 0 Å². The van der Waals surface area contributed by atoms with E-state index < -0.39 is 0 Å². The van der Waals surface area contributed by atoms with Crippen molar-refractivity contribution in [2.45, 2.75) is 31.7 Å². The third-order valence-corrected chi connectivity index (χ3v) is 4.38. The standard InChI is InChI=1S/C18H20FN/c1-12-7-8-15(19)9-14(12)10-18(20)17-11-16(17)13-5-3-2-4-6-13/h2-9,16-18H,10-11,20H2,1H3. The van der Waals surface area contributed by atoms with Gasteiger partial charge in [-0.25, -0.2) is 4.39 Å². The smallest absolute Gasteiger partial charge is 0.123 e. The first-order chi connectivity index (χ1) is 9.65. The summed E-state index contributed by atoms with van der Waals surface area (Å²) in [5, 5.41) is 0. The Labute approximate surface area is 119 Å². The van der Waals surface area contributed by atoms with Crippen molar-refractivity contribution in [3.8, 4) is 0 Å². The molecular weight excluding hydrogens is 249 g/mol. The third-order valence-electron chi connectivity index (χ3n) is 4.38. The zero-order valence-corrected chi connectivity index (χ0v) is 11.7. The summed E-state index contributed by atoms with van der Waals surface area (Å²) in [6.45, 7) is 2.02. The Morgan fingerprint density at radius 1 is 1.20 bits per heavy atom. The van der Waals surface area contributed by atoms with Gasteiger partial charge in [0, 0.05) is 6.04 Å². The van der Waals surface area contributed by atoms with E-state index in [-0.39, 0.29) is 11.9 Å². The molecule has 3 rings (SSSR count). The van der Waals surface area contributed by atoms with Crippen molar-refractivity contribution in [3.63, 3.8) is 0 Å². The van der Waals surface area contributed by atoms with Crippen LogP contribution in [-0.4, -0.2) is 6.04 Å². The van der Waals surface area contributed by atoms with Crippen LogP contribution in [0.1, 0.15) is 29.0 Å². The summed E-state index contributed by atoms with van der Waals surface area (Å²) in [6, 6.07) is 15.6. The van der Waals surface area contributed by atoms with E-state index in [0.29, 0.717) is 11.8 Å². The average Bonchev–Trinajstić information content (AvgIpc) is 3.24. The SMILES string of the molecule is Cc1ccc(F)cc1CC(N)C1CC1c1ccccc1. The van der Waals surface area contributed by atoms with E-state index in [1.165, 1.54) is 11.6 Å². The van der Waals surface area contributed by atoms with Crippen LogP contribution >= 0.6 is 0 Å². The molecule has 0 heterocycles. The van der Waals surface area contributed by atoms with Gasteiger partial charge in [0.15, 0.2) is 0 Å². The molecule has 20 heavy (non-hydrogen) atoms. The third kappa shape index (κ3) is 2.75. The first-order valence-electron chi connectivity index (χ1n) is 7.20. The molecule has 0 aliphatic heterocycles. The van der Waals surface area contributed by atoms with E-state index in [0.717, 1.165) is 24.0 Å². The number of aryl methyl sites for hydroxylation is 1. The fraction of sp³-hybridized carbons (Fsp3) is 0.333. The molecule has 0 spiro atoms. The molecule has 0 amide bonds.